The van der Waals surface area contributed by atoms with Gasteiger partial charge in [-0.1, -0.05) is 6.07 Å². The van der Waals surface area contributed by atoms with E-state index in [-0.39, 0.29) is 29.2 Å². The Morgan fingerprint density at radius 3 is 2.67 bits per heavy atom. The Labute approximate surface area is 114 Å². The number of carbonyl (C=O) groups excluding carboxylic acids is 1. The van der Waals surface area contributed by atoms with E-state index in [9.17, 15) is 15.0 Å². The fraction of sp³-hybridized carbons (Fsp3) is 0.417. The highest BCUT2D eigenvalue weighted by Gasteiger charge is 2.22. The molecule has 0 spiro atoms. The maximum absolute atomic E-state index is 11.9. The summed E-state index contributed by atoms with van der Waals surface area (Å²) in [7, 11) is 0. The molecule has 1 saturated heterocycles. The summed E-state index contributed by atoms with van der Waals surface area (Å²) < 4.78 is 0. The second kappa shape index (κ2) is 6.24. The zero-order chi connectivity index (χ0) is 13.0. The molecular formula is C12H15NO3S2. The van der Waals surface area contributed by atoms with Gasteiger partial charge in [0.15, 0.2) is 0 Å². The number of benzene rings is 1. The molecule has 1 heterocycles. The van der Waals surface area contributed by atoms with E-state index in [0.29, 0.717) is 5.56 Å². The van der Waals surface area contributed by atoms with Crippen LogP contribution in [0.1, 0.15) is 5.56 Å². The standard InChI is InChI=1S/C12H15NO3S2/c14-9-2-1-3-10(15)8(9)6-13-12(16)11-7-17-4-5-18-11/h1-3,11,14-15H,4-7H2,(H,13,16). The second-order valence-corrected chi connectivity index (χ2v) is 6.39. The first kappa shape index (κ1) is 13.4. The lowest BCUT2D eigenvalue weighted by Gasteiger charge is -2.20. The van der Waals surface area contributed by atoms with E-state index in [1.165, 1.54) is 12.1 Å². The largest absolute Gasteiger partial charge is 0.507 e. The van der Waals surface area contributed by atoms with Gasteiger partial charge in [0, 0.05) is 17.3 Å². The first-order valence-corrected chi connectivity index (χ1v) is 7.85. The third-order valence-electron chi connectivity index (χ3n) is 2.67. The van der Waals surface area contributed by atoms with Crippen LogP contribution in [-0.2, 0) is 11.3 Å². The normalized spacial score (nSPS) is 19.4. The van der Waals surface area contributed by atoms with Gasteiger partial charge in [-0.15, -0.1) is 11.8 Å². The summed E-state index contributed by atoms with van der Waals surface area (Å²) in [6.07, 6.45) is 0. The fourth-order valence-electron chi connectivity index (χ4n) is 1.67. The van der Waals surface area contributed by atoms with Crippen molar-refractivity contribution in [3.05, 3.63) is 23.8 Å². The zero-order valence-corrected chi connectivity index (χ0v) is 11.4. The number of phenolic OH excluding ortho intramolecular Hbond substituents is 2. The first-order chi connectivity index (χ1) is 8.68. The Hall–Kier alpha value is -1.01. The Morgan fingerprint density at radius 2 is 2.06 bits per heavy atom. The highest BCUT2D eigenvalue weighted by atomic mass is 32.2. The maximum atomic E-state index is 11.9. The lowest BCUT2D eigenvalue weighted by molar-refractivity contribution is -0.120. The molecule has 0 aliphatic carbocycles. The highest BCUT2D eigenvalue weighted by molar-refractivity contribution is 8.07. The number of amides is 1. The van der Waals surface area contributed by atoms with Crippen LogP contribution in [0.25, 0.3) is 0 Å². The average Bonchev–Trinajstić information content (AvgIpc) is 2.39. The van der Waals surface area contributed by atoms with Gasteiger partial charge in [0.25, 0.3) is 0 Å². The van der Waals surface area contributed by atoms with Gasteiger partial charge >= 0.3 is 0 Å². The number of rotatable bonds is 3. The number of phenols is 2. The molecule has 4 nitrogen and oxygen atoms in total. The molecule has 0 radical (unpaired) electrons. The lowest BCUT2D eigenvalue weighted by atomic mass is 10.1. The van der Waals surface area contributed by atoms with E-state index in [0.717, 1.165) is 17.3 Å². The van der Waals surface area contributed by atoms with Crippen molar-refractivity contribution in [1.82, 2.24) is 5.32 Å². The number of hydrogen-bond donors (Lipinski definition) is 3. The van der Waals surface area contributed by atoms with Gasteiger partial charge in [-0.05, 0) is 12.1 Å². The first-order valence-electron chi connectivity index (χ1n) is 5.65. The van der Waals surface area contributed by atoms with Crippen molar-refractivity contribution in [3.63, 3.8) is 0 Å². The second-order valence-electron chi connectivity index (χ2n) is 3.93. The summed E-state index contributed by atoms with van der Waals surface area (Å²) in [6.45, 7) is 0.152. The van der Waals surface area contributed by atoms with Crippen LogP contribution in [0.2, 0.25) is 0 Å². The molecule has 6 heteroatoms. The van der Waals surface area contributed by atoms with Gasteiger partial charge in [-0.3, -0.25) is 4.79 Å². The van der Waals surface area contributed by atoms with E-state index < -0.39 is 0 Å². The van der Waals surface area contributed by atoms with Crippen molar-refractivity contribution in [1.29, 1.82) is 0 Å². The minimum Gasteiger partial charge on any atom is -0.507 e. The maximum Gasteiger partial charge on any atom is 0.234 e. The molecule has 0 bridgehead atoms. The van der Waals surface area contributed by atoms with Crippen LogP contribution in [0.5, 0.6) is 11.5 Å². The number of aromatic hydroxyl groups is 2. The molecule has 1 aromatic rings. The molecule has 1 aliphatic heterocycles. The van der Waals surface area contributed by atoms with Crippen LogP contribution in [0, 0.1) is 0 Å². The van der Waals surface area contributed by atoms with E-state index in [2.05, 4.69) is 5.32 Å². The monoisotopic (exact) mass is 285 g/mol. The minimum atomic E-state index is -0.0325. The molecule has 1 unspecified atom stereocenters. The summed E-state index contributed by atoms with van der Waals surface area (Å²) in [5.74, 6) is 2.87. The van der Waals surface area contributed by atoms with Crippen molar-refractivity contribution >= 4 is 29.4 Å². The molecule has 98 valence electrons. The number of hydrogen-bond acceptors (Lipinski definition) is 5. The van der Waals surface area contributed by atoms with Crippen molar-refractivity contribution < 1.29 is 15.0 Å². The van der Waals surface area contributed by atoms with Crippen LogP contribution < -0.4 is 5.32 Å². The fourth-order valence-corrected chi connectivity index (χ4v) is 4.25. The minimum absolute atomic E-state index is 0.000900. The van der Waals surface area contributed by atoms with Crippen LogP contribution in [0.4, 0.5) is 0 Å². The van der Waals surface area contributed by atoms with E-state index >= 15 is 0 Å². The summed E-state index contributed by atoms with van der Waals surface area (Å²) >= 11 is 3.44. The van der Waals surface area contributed by atoms with Gasteiger partial charge in [-0.25, -0.2) is 0 Å². The Bertz CT molecular complexity index is 413. The van der Waals surface area contributed by atoms with Crippen molar-refractivity contribution in [2.45, 2.75) is 11.8 Å². The topological polar surface area (TPSA) is 69.6 Å². The Balaban J connectivity index is 1.92. The molecule has 0 saturated carbocycles. The molecule has 3 N–H and O–H groups in total. The average molecular weight is 285 g/mol. The summed E-state index contributed by atoms with van der Waals surface area (Å²) in [5, 5.41) is 21.9. The molecule has 1 aliphatic rings. The molecule has 1 atom stereocenters. The smallest absolute Gasteiger partial charge is 0.234 e. The van der Waals surface area contributed by atoms with Gasteiger partial charge in [-0.2, -0.15) is 11.8 Å². The van der Waals surface area contributed by atoms with Gasteiger partial charge in [0.05, 0.1) is 17.4 Å². The zero-order valence-electron chi connectivity index (χ0n) is 9.76. The molecule has 1 fully saturated rings. The third kappa shape index (κ3) is 3.26. The quantitative estimate of drug-likeness (QED) is 0.786. The van der Waals surface area contributed by atoms with Crippen LogP contribution in [-0.4, -0.2) is 38.6 Å². The predicted molar refractivity (Wildman–Crippen MR) is 75.2 cm³/mol. The highest BCUT2D eigenvalue weighted by Crippen LogP contribution is 2.27. The third-order valence-corrected chi connectivity index (χ3v) is 5.43. The van der Waals surface area contributed by atoms with Gasteiger partial charge in [0.2, 0.25) is 5.91 Å². The molecule has 18 heavy (non-hydrogen) atoms. The van der Waals surface area contributed by atoms with Crippen molar-refractivity contribution in [2.24, 2.45) is 0 Å². The SMILES string of the molecule is O=C(NCc1c(O)cccc1O)C1CSCCS1. The summed E-state index contributed by atoms with van der Waals surface area (Å²) in [4.78, 5) is 11.9. The van der Waals surface area contributed by atoms with Crippen LogP contribution in [0.3, 0.4) is 0 Å². The number of nitrogens with one attached hydrogen (secondary N) is 1. The van der Waals surface area contributed by atoms with Crippen molar-refractivity contribution in [2.75, 3.05) is 17.3 Å². The van der Waals surface area contributed by atoms with Crippen molar-refractivity contribution in [3.8, 4) is 11.5 Å². The van der Waals surface area contributed by atoms with Crippen LogP contribution in [0.15, 0.2) is 18.2 Å². The molecule has 1 amide bonds. The number of carbonyl (C=O) groups is 1. The van der Waals surface area contributed by atoms with E-state index in [1.54, 1.807) is 29.6 Å². The molecule has 2 rings (SSSR count). The van der Waals surface area contributed by atoms with Gasteiger partial charge < -0.3 is 15.5 Å². The van der Waals surface area contributed by atoms with Gasteiger partial charge in [0.1, 0.15) is 11.5 Å². The molecule has 1 aromatic carbocycles. The Kier molecular flexibility index (Phi) is 4.66. The molecule has 0 aromatic heterocycles. The Morgan fingerprint density at radius 1 is 1.33 bits per heavy atom. The van der Waals surface area contributed by atoms with Crippen LogP contribution >= 0.6 is 23.5 Å². The predicted octanol–water partition coefficient (Wildman–Crippen LogP) is 1.56. The van der Waals surface area contributed by atoms with E-state index in [1.807, 2.05) is 0 Å². The number of thioether (sulfide) groups is 2. The van der Waals surface area contributed by atoms with E-state index in [4.69, 9.17) is 0 Å². The summed E-state index contributed by atoms with van der Waals surface area (Å²) in [6, 6.07) is 4.54. The summed E-state index contributed by atoms with van der Waals surface area (Å²) in [5.41, 5.74) is 0.360. The lowest BCUT2D eigenvalue weighted by Crippen LogP contribution is -2.35. The molecular weight excluding hydrogens is 270 g/mol.